The average Bonchev–Trinajstić information content (AvgIpc) is 3.36. The molecule has 3 aromatic rings. The zero-order valence-electron chi connectivity index (χ0n) is 23.4. The minimum atomic E-state index is -4.66. The van der Waals surface area contributed by atoms with Gasteiger partial charge in [0.2, 0.25) is 5.91 Å². The molecule has 0 bridgehead atoms. The monoisotopic (exact) mass is 593 g/mol. The molecule has 222 valence electrons. The van der Waals surface area contributed by atoms with Crippen molar-refractivity contribution < 1.29 is 37.0 Å². The summed E-state index contributed by atoms with van der Waals surface area (Å²) in [5, 5.41) is 4.27. The van der Waals surface area contributed by atoms with E-state index in [1.54, 1.807) is 25.2 Å². The van der Waals surface area contributed by atoms with E-state index in [-0.39, 0.29) is 31.3 Å². The number of carbonyl (C=O) groups excluding carboxylic acids is 2. The number of hydrogen-bond acceptors (Lipinski definition) is 6. The van der Waals surface area contributed by atoms with Crippen molar-refractivity contribution in [3.63, 3.8) is 0 Å². The van der Waals surface area contributed by atoms with Crippen LogP contribution < -0.4 is 14.8 Å². The fourth-order valence-corrected chi connectivity index (χ4v) is 5.00. The van der Waals surface area contributed by atoms with Crippen LogP contribution in [0.1, 0.15) is 21.6 Å². The zero-order valence-corrected chi connectivity index (χ0v) is 24.2. The summed E-state index contributed by atoms with van der Waals surface area (Å²) in [4.78, 5) is 30.6. The molecule has 0 saturated carbocycles. The Labute approximate surface area is 241 Å². The Morgan fingerprint density at radius 1 is 0.951 bits per heavy atom. The van der Waals surface area contributed by atoms with Crippen LogP contribution >= 0.6 is 11.3 Å². The van der Waals surface area contributed by atoms with Crippen LogP contribution in [0.2, 0.25) is 0 Å². The third kappa shape index (κ3) is 8.86. The van der Waals surface area contributed by atoms with Crippen LogP contribution in [-0.4, -0.2) is 69.3 Å². The van der Waals surface area contributed by atoms with E-state index in [0.29, 0.717) is 31.0 Å². The molecule has 1 aromatic heterocycles. The highest BCUT2D eigenvalue weighted by Crippen LogP contribution is 2.34. The standard InChI is InChI=1S/C29H34F3N3O5S/c1-20-12-16-41-26(20)18-34(13-11-21-9-10-24(39-3)25(17-21)40-4)27(36)19-35(14-15-38-2)28(37)33-23-8-6-5-7-22(23)29(30,31)32/h5-10,12,16-17H,11,13-15,18-19H2,1-4H3,(H,33,37). The van der Waals surface area contributed by atoms with Gasteiger partial charge in [0.25, 0.3) is 0 Å². The number of rotatable bonds is 13. The third-order valence-electron chi connectivity index (χ3n) is 6.43. The van der Waals surface area contributed by atoms with E-state index in [0.717, 1.165) is 27.0 Å². The number of aryl methyl sites for hydroxylation is 1. The molecule has 0 unspecified atom stereocenters. The van der Waals surface area contributed by atoms with E-state index in [4.69, 9.17) is 14.2 Å². The molecule has 41 heavy (non-hydrogen) atoms. The van der Waals surface area contributed by atoms with Gasteiger partial charge >= 0.3 is 12.2 Å². The molecule has 3 amide bonds. The summed E-state index contributed by atoms with van der Waals surface area (Å²) in [5.74, 6) is 0.803. The van der Waals surface area contributed by atoms with E-state index in [1.807, 2.05) is 30.5 Å². The number of amides is 3. The largest absolute Gasteiger partial charge is 0.493 e. The van der Waals surface area contributed by atoms with Crippen LogP contribution in [0.3, 0.4) is 0 Å². The Bertz CT molecular complexity index is 1310. The van der Waals surface area contributed by atoms with Crippen LogP contribution in [0.25, 0.3) is 0 Å². The van der Waals surface area contributed by atoms with E-state index < -0.39 is 17.8 Å². The van der Waals surface area contributed by atoms with Crippen molar-refractivity contribution in [3.05, 3.63) is 75.5 Å². The lowest BCUT2D eigenvalue weighted by Gasteiger charge is -2.28. The van der Waals surface area contributed by atoms with Crippen molar-refractivity contribution in [2.24, 2.45) is 0 Å². The molecule has 1 heterocycles. The Balaban J connectivity index is 1.80. The molecule has 0 fully saturated rings. The highest BCUT2D eigenvalue weighted by Gasteiger charge is 2.34. The number of carbonyl (C=O) groups is 2. The second-order valence-corrected chi connectivity index (χ2v) is 10.2. The van der Waals surface area contributed by atoms with Crippen LogP contribution in [-0.2, 0) is 28.7 Å². The van der Waals surface area contributed by atoms with Crippen LogP contribution in [0.15, 0.2) is 53.9 Å². The summed E-state index contributed by atoms with van der Waals surface area (Å²) in [5.41, 5.74) is 0.591. The summed E-state index contributed by atoms with van der Waals surface area (Å²) < 4.78 is 56.2. The molecule has 0 atom stereocenters. The van der Waals surface area contributed by atoms with Crippen LogP contribution in [0, 0.1) is 6.92 Å². The van der Waals surface area contributed by atoms with Crippen molar-refractivity contribution in [3.8, 4) is 11.5 Å². The Kier molecular flexibility index (Phi) is 11.4. The minimum absolute atomic E-state index is 0.00378. The van der Waals surface area contributed by atoms with Crippen molar-refractivity contribution >= 4 is 29.0 Å². The maximum atomic E-state index is 13.6. The first kappa shape index (κ1) is 31.8. The van der Waals surface area contributed by atoms with Gasteiger partial charge in [-0.2, -0.15) is 13.2 Å². The molecule has 0 radical (unpaired) electrons. The Morgan fingerprint density at radius 3 is 2.32 bits per heavy atom. The first-order valence-electron chi connectivity index (χ1n) is 12.8. The Hall–Kier alpha value is -3.77. The predicted octanol–water partition coefficient (Wildman–Crippen LogP) is 5.84. The number of thiophene rings is 1. The van der Waals surface area contributed by atoms with Crippen molar-refractivity contribution in [2.75, 3.05) is 52.9 Å². The lowest BCUT2D eigenvalue weighted by Crippen LogP contribution is -2.46. The van der Waals surface area contributed by atoms with E-state index >= 15 is 0 Å². The minimum Gasteiger partial charge on any atom is -0.493 e. The van der Waals surface area contributed by atoms with Gasteiger partial charge in [-0.1, -0.05) is 18.2 Å². The first-order chi connectivity index (χ1) is 19.6. The lowest BCUT2D eigenvalue weighted by molar-refractivity contribution is -0.137. The number of benzene rings is 2. The average molecular weight is 594 g/mol. The quantitative estimate of drug-likeness (QED) is 0.269. The molecule has 0 spiro atoms. The number of urea groups is 1. The third-order valence-corrected chi connectivity index (χ3v) is 7.43. The molecule has 0 aliphatic rings. The summed E-state index contributed by atoms with van der Waals surface area (Å²) in [6.07, 6.45) is -4.16. The highest BCUT2D eigenvalue weighted by atomic mass is 32.1. The van der Waals surface area contributed by atoms with E-state index in [1.165, 1.54) is 36.6 Å². The number of alkyl halides is 3. The van der Waals surface area contributed by atoms with Gasteiger partial charge in [-0.15, -0.1) is 11.3 Å². The second-order valence-electron chi connectivity index (χ2n) is 9.17. The lowest BCUT2D eigenvalue weighted by atomic mass is 10.1. The van der Waals surface area contributed by atoms with Crippen molar-refractivity contribution in [1.29, 1.82) is 0 Å². The predicted molar refractivity (Wildman–Crippen MR) is 152 cm³/mol. The molecule has 0 aliphatic heterocycles. The van der Waals surface area contributed by atoms with Gasteiger partial charge in [0.15, 0.2) is 11.5 Å². The van der Waals surface area contributed by atoms with Crippen LogP contribution in [0.5, 0.6) is 11.5 Å². The summed E-state index contributed by atoms with van der Waals surface area (Å²) in [6, 6.07) is 11.4. The molecular formula is C29H34F3N3O5S. The van der Waals surface area contributed by atoms with E-state index in [9.17, 15) is 22.8 Å². The zero-order chi connectivity index (χ0) is 30.0. The number of halogens is 3. The fourth-order valence-electron chi connectivity index (χ4n) is 4.08. The molecule has 12 heteroatoms. The molecule has 1 N–H and O–H groups in total. The van der Waals surface area contributed by atoms with Crippen molar-refractivity contribution in [2.45, 2.75) is 26.1 Å². The Morgan fingerprint density at radius 2 is 1.68 bits per heavy atom. The number of nitrogens with zero attached hydrogens (tertiary/aromatic N) is 2. The number of methoxy groups -OCH3 is 3. The molecule has 0 aliphatic carbocycles. The van der Waals surface area contributed by atoms with Gasteiger partial charge in [0, 0.05) is 25.1 Å². The number of para-hydroxylation sites is 1. The SMILES string of the molecule is COCCN(CC(=O)N(CCc1ccc(OC)c(OC)c1)Cc1sccc1C)C(=O)Nc1ccccc1C(F)(F)F. The van der Waals surface area contributed by atoms with Gasteiger partial charge in [-0.05, 0) is 60.2 Å². The number of nitrogens with one attached hydrogen (secondary N) is 1. The number of anilines is 1. The molecule has 2 aromatic carbocycles. The fraction of sp³-hybridized carbons (Fsp3) is 0.379. The first-order valence-corrected chi connectivity index (χ1v) is 13.7. The summed E-state index contributed by atoms with van der Waals surface area (Å²) in [7, 11) is 4.53. The molecule has 3 rings (SSSR count). The number of hydrogen-bond donors (Lipinski definition) is 1. The van der Waals surface area contributed by atoms with Crippen molar-refractivity contribution in [1.82, 2.24) is 9.80 Å². The van der Waals surface area contributed by atoms with Gasteiger partial charge in [0.1, 0.15) is 6.54 Å². The maximum absolute atomic E-state index is 13.6. The van der Waals surface area contributed by atoms with Gasteiger partial charge in [0.05, 0.1) is 38.6 Å². The second kappa shape index (κ2) is 14.7. The molecule has 0 saturated heterocycles. The van der Waals surface area contributed by atoms with Crippen LogP contribution in [0.4, 0.5) is 23.7 Å². The molecule has 8 nitrogen and oxygen atoms in total. The smallest absolute Gasteiger partial charge is 0.418 e. The van der Waals surface area contributed by atoms with Gasteiger partial charge in [-0.3, -0.25) is 4.79 Å². The number of ether oxygens (including phenoxy) is 3. The summed E-state index contributed by atoms with van der Waals surface area (Å²) >= 11 is 1.52. The van der Waals surface area contributed by atoms with E-state index in [2.05, 4.69) is 5.32 Å². The highest BCUT2D eigenvalue weighted by molar-refractivity contribution is 7.10. The molecular weight excluding hydrogens is 559 g/mol. The maximum Gasteiger partial charge on any atom is 0.418 e. The topological polar surface area (TPSA) is 80.3 Å². The van der Waals surface area contributed by atoms with Gasteiger partial charge < -0.3 is 29.3 Å². The van der Waals surface area contributed by atoms with Gasteiger partial charge in [-0.25, -0.2) is 4.79 Å². The normalized spacial score (nSPS) is 11.2. The summed E-state index contributed by atoms with van der Waals surface area (Å²) in [6.45, 7) is 2.37.